The molecule has 0 aromatic heterocycles. The van der Waals surface area contributed by atoms with Gasteiger partial charge in [-0.15, -0.1) is 0 Å². The van der Waals surface area contributed by atoms with Crippen molar-refractivity contribution in [3.8, 4) is 5.75 Å². The number of hydrogen-bond acceptors (Lipinski definition) is 1. The van der Waals surface area contributed by atoms with Crippen molar-refractivity contribution in [2.24, 2.45) is 0 Å². The standard InChI is InChI=1S/C14H13BrO/c1-11(12-5-3-2-4-6-12)16-14-9-7-13(15)8-10-14/h2-11H,1H3. The van der Waals surface area contributed by atoms with Gasteiger partial charge in [0.2, 0.25) is 0 Å². The van der Waals surface area contributed by atoms with E-state index in [1.807, 2.05) is 42.5 Å². The molecule has 0 amide bonds. The van der Waals surface area contributed by atoms with Crippen LogP contribution in [0.1, 0.15) is 18.6 Å². The molecule has 0 N–H and O–H groups in total. The molecule has 1 nitrogen and oxygen atoms in total. The number of hydrogen-bond donors (Lipinski definition) is 0. The molecule has 0 saturated heterocycles. The predicted octanol–water partition coefficient (Wildman–Crippen LogP) is 4.59. The van der Waals surface area contributed by atoms with E-state index in [9.17, 15) is 0 Å². The van der Waals surface area contributed by atoms with Crippen LogP contribution in [0.3, 0.4) is 0 Å². The minimum Gasteiger partial charge on any atom is -0.486 e. The average molecular weight is 277 g/mol. The van der Waals surface area contributed by atoms with Crippen LogP contribution in [-0.4, -0.2) is 0 Å². The Kier molecular flexibility index (Phi) is 3.62. The van der Waals surface area contributed by atoms with E-state index in [2.05, 4.69) is 35.0 Å². The maximum absolute atomic E-state index is 5.83. The maximum Gasteiger partial charge on any atom is 0.121 e. The van der Waals surface area contributed by atoms with Crippen molar-refractivity contribution in [3.05, 3.63) is 64.6 Å². The van der Waals surface area contributed by atoms with E-state index in [0.29, 0.717) is 0 Å². The van der Waals surface area contributed by atoms with E-state index in [1.54, 1.807) is 0 Å². The minimum atomic E-state index is 0.0716. The number of benzene rings is 2. The molecule has 2 rings (SSSR count). The Hall–Kier alpha value is -1.28. The first-order valence-corrected chi connectivity index (χ1v) is 6.02. The van der Waals surface area contributed by atoms with Crippen LogP contribution < -0.4 is 4.74 Å². The first-order valence-electron chi connectivity index (χ1n) is 5.23. The molecule has 1 unspecified atom stereocenters. The number of halogens is 1. The fourth-order valence-electron chi connectivity index (χ4n) is 1.51. The normalized spacial score (nSPS) is 12.1. The molecular formula is C14H13BrO. The van der Waals surface area contributed by atoms with Crippen molar-refractivity contribution in [3.63, 3.8) is 0 Å². The Balaban J connectivity index is 2.08. The molecule has 2 aromatic rings. The molecule has 0 bridgehead atoms. The molecule has 0 saturated carbocycles. The molecule has 0 aliphatic heterocycles. The van der Waals surface area contributed by atoms with E-state index in [-0.39, 0.29) is 6.10 Å². The topological polar surface area (TPSA) is 9.23 Å². The molecule has 1 atom stereocenters. The van der Waals surface area contributed by atoms with Crippen LogP contribution in [0.2, 0.25) is 0 Å². The third kappa shape index (κ3) is 2.86. The Bertz CT molecular complexity index is 436. The first-order chi connectivity index (χ1) is 7.75. The number of rotatable bonds is 3. The van der Waals surface area contributed by atoms with Crippen molar-refractivity contribution < 1.29 is 4.74 Å². The Labute approximate surface area is 104 Å². The van der Waals surface area contributed by atoms with Gasteiger partial charge < -0.3 is 4.74 Å². The van der Waals surface area contributed by atoms with Gasteiger partial charge in [-0.25, -0.2) is 0 Å². The van der Waals surface area contributed by atoms with Crippen molar-refractivity contribution in [1.29, 1.82) is 0 Å². The quantitative estimate of drug-likeness (QED) is 0.797. The second-order valence-corrected chi connectivity index (χ2v) is 4.54. The smallest absolute Gasteiger partial charge is 0.121 e. The molecule has 0 aliphatic carbocycles. The lowest BCUT2D eigenvalue weighted by Gasteiger charge is -2.14. The van der Waals surface area contributed by atoms with Gasteiger partial charge in [0.15, 0.2) is 0 Å². The summed E-state index contributed by atoms with van der Waals surface area (Å²) in [6.07, 6.45) is 0.0716. The third-order valence-corrected chi connectivity index (χ3v) is 2.92. The molecule has 82 valence electrons. The van der Waals surface area contributed by atoms with E-state index in [1.165, 1.54) is 5.56 Å². The van der Waals surface area contributed by atoms with Gasteiger partial charge in [-0.3, -0.25) is 0 Å². The van der Waals surface area contributed by atoms with Gasteiger partial charge in [-0.2, -0.15) is 0 Å². The first kappa shape index (κ1) is 11.2. The van der Waals surface area contributed by atoms with Crippen LogP contribution in [0, 0.1) is 0 Å². The Morgan fingerprint density at radius 3 is 2.19 bits per heavy atom. The zero-order valence-corrected chi connectivity index (χ0v) is 10.6. The van der Waals surface area contributed by atoms with Crippen molar-refractivity contribution in [2.75, 3.05) is 0 Å². The lowest BCUT2D eigenvalue weighted by atomic mass is 10.1. The zero-order valence-electron chi connectivity index (χ0n) is 9.06. The van der Waals surface area contributed by atoms with Crippen LogP contribution >= 0.6 is 15.9 Å². The molecule has 0 fully saturated rings. The summed E-state index contributed by atoms with van der Waals surface area (Å²) in [7, 11) is 0. The molecule has 0 spiro atoms. The van der Waals surface area contributed by atoms with Crippen LogP contribution in [0.4, 0.5) is 0 Å². The summed E-state index contributed by atoms with van der Waals surface area (Å²) < 4.78 is 6.90. The monoisotopic (exact) mass is 276 g/mol. The van der Waals surface area contributed by atoms with E-state index in [0.717, 1.165) is 10.2 Å². The van der Waals surface area contributed by atoms with Crippen molar-refractivity contribution in [2.45, 2.75) is 13.0 Å². The van der Waals surface area contributed by atoms with Crippen LogP contribution in [0.25, 0.3) is 0 Å². The highest BCUT2D eigenvalue weighted by molar-refractivity contribution is 9.10. The third-order valence-electron chi connectivity index (χ3n) is 2.40. The molecule has 0 aliphatic rings. The van der Waals surface area contributed by atoms with Crippen LogP contribution in [0.5, 0.6) is 5.75 Å². The fraction of sp³-hybridized carbons (Fsp3) is 0.143. The van der Waals surface area contributed by atoms with Gasteiger partial charge in [0, 0.05) is 4.47 Å². The predicted molar refractivity (Wildman–Crippen MR) is 69.6 cm³/mol. The lowest BCUT2D eigenvalue weighted by molar-refractivity contribution is 0.227. The van der Waals surface area contributed by atoms with Gasteiger partial charge in [0.05, 0.1) is 0 Å². The minimum absolute atomic E-state index is 0.0716. The van der Waals surface area contributed by atoms with Gasteiger partial charge in [0.1, 0.15) is 11.9 Å². The summed E-state index contributed by atoms with van der Waals surface area (Å²) in [5, 5.41) is 0. The summed E-state index contributed by atoms with van der Waals surface area (Å²) in [6, 6.07) is 18.1. The van der Waals surface area contributed by atoms with E-state index < -0.39 is 0 Å². The lowest BCUT2D eigenvalue weighted by Crippen LogP contribution is -2.02. The van der Waals surface area contributed by atoms with Gasteiger partial charge in [-0.05, 0) is 36.8 Å². The maximum atomic E-state index is 5.83. The average Bonchev–Trinajstić information content (AvgIpc) is 2.33. The Morgan fingerprint density at radius 1 is 0.938 bits per heavy atom. The number of ether oxygens (including phenoxy) is 1. The van der Waals surface area contributed by atoms with E-state index >= 15 is 0 Å². The largest absolute Gasteiger partial charge is 0.486 e. The molecule has 2 aromatic carbocycles. The fourth-order valence-corrected chi connectivity index (χ4v) is 1.77. The summed E-state index contributed by atoms with van der Waals surface area (Å²) in [5.41, 5.74) is 1.19. The van der Waals surface area contributed by atoms with Crippen molar-refractivity contribution >= 4 is 15.9 Å². The van der Waals surface area contributed by atoms with Gasteiger partial charge in [0.25, 0.3) is 0 Å². The second-order valence-electron chi connectivity index (χ2n) is 3.62. The van der Waals surface area contributed by atoms with Crippen molar-refractivity contribution in [1.82, 2.24) is 0 Å². The molecule has 2 heteroatoms. The second kappa shape index (κ2) is 5.17. The van der Waals surface area contributed by atoms with Crippen LogP contribution in [0.15, 0.2) is 59.1 Å². The molecule has 0 heterocycles. The summed E-state index contributed by atoms with van der Waals surface area (Å²) >= 11 is 3.40. The SMILES string of the molecule is CC(Oc1ccc(Br)cc1)c1ccccc1. The highest BCUT2D eigenvalue weighted by Crippen LogP contribution is 2.22. The summed E-state index contributed by atoms with van der Waals surface area (Å²) in [4.78, 5) is 0. The summed E-state index contributed by atoms with van der Waals surface area (Å²) in [5.74, 6) is 0.888. The van der Waals surface area contributed by atoms with Gasteiger partial charge >= 0.3 is 0 Å². The molecular weight excluding hydrogens is 264 g/mol. The molecule has 0 radical (unpaired) electrons. The summed E-state index contributed by atoms with van der Waals surface area (Å²) in [6.45, 7) is 2.05. The highest BCUT2D eigenvalue weighted by atomic mass is 79.9. The van der Waals surface area contributed by atoms with Gasteiger partial charge in [-0.1, -0.05) is 46.3 Å². The zero-order chi connectivity index (χ0) is 11.4. The Morgan fingerprint density at radius 2 is 1.56 bits per heavy atom. The van der Waals surface area contributed by atoms with Crippen LogP contribution in [-0.2, 0) is 0 Å². The molecule has 16 heavy (non-hydrogen) atoms. The highest BCUT2D eigenvalue weighted by Gasteiger charge is 2.05. The van der Waals surface area contributed by atoms with E-state index in [4.69, 9.17) is 4.74 Å².